The first-order chi connectivity index (χ1) is 16.9. The van der Waals surface area contributed by atoms with E-state index in [0.29, 0.717) is 51.8 Å². The molecule has 0 atom stereocenters. The number of halogens is 2. The van der Waals surface area contributed by atoms with Gasteiger partial charge in [0.15, 0.2) is 23.0 Å². The van der Waals surface area contributed by atoms with E-state index >= 15 is 0 Å². The normalized spacial score (nSPS) is 10.8. The fourth-order valence-electron chi connectivity index (χ4n) is 3.06. The van der Waals surface area contributed by atoms with Crippen LogP contribution in [0.3, 0.4) is 0 Å². The predicted molar refractivity (Wildman–Crippen MR) is 143 cm³/mol. The average Bonchev–Trinajstić information content (AvgIpc) is 2.87. The Kier molecular flexibility index (Phi) is 9.98. The molecule has 0 heterocycles. The first kappa shape index (κ1) is 26.6. The molecule has 0 aliphatic carbocycles. The van der Waals surface area contributed by atoms with E-state index in [2.05, 4.69) is 42.4 Å². The number of benzene rings is 3. The molecule has 0 radical (unpaired) electrons. The minimum atomic E-state index is -0.373. The molecule has 0 saturated heterocycles. The Bertz CT molecular complexity index is 1180. The second-order valence-electron chi connectivity index (χ2n) is 7.36. The summed E-state index contributed by atoms with van der Waals surface area (Å²) < 4.78 is 24.1. The summed E-state index contributed by atoms with van der Waals surface area (Å²) in [6.45, 7) is 2.97. The van der Waals surface area contributed by atoms with Crippen LogP contribution in [0.25, 0.3) is 0 Å². The van der Waals surface area contributed by atoms with Gasteiger partial charge in [0.05, 0.1) is 31.5 Å². The van der Waals surface area contributed by atoms with Gasteiger partial charge in [0.25, 0.3) is 5.91 Å². The van der Waals surface area contributed by atoms with Gasteiger partial charge in [-0.3, -0.25) is 4.79 Å². The summed E-state index contributed by atoms with van der Waals surface area (Å²) in [6, 6.07) is 16.5. The van der Waals surface area contributed by atoms with Gasteiger partial charge in [0.1, 0.15) is 6.61 Å². The van der Waals surface area contributed by atoms with Crippen molar-refractivity contribution < 1.29 is 23.7 Å². The van der Waals surface area contributed by atoms with Crippen LogP contribution in [0.2, 0.25) is 0 Å². The second-order valence-corrected chi connectivity index (χ2v) is 9.13. The summed E-state index contributed by atoms with van der Waals surface area (Å²) in [4.78, 5) is 12.5. The number of nitrogens with one attached hydrogen (secondary N) is 1. The summed E-state index contributed by atoms with van der Waals surface area (Å²) >= 11 is 6.96. The first-order valence-corrected chi connectivity index (χ1v) is 12.4. The van der Waals surface area contributed by atoms with Crippen LogP contribution in [0, 0.1) is 0 Å². The molecular weight excluding hydrogens is 580 g/mol. The topological polar surface area (TPSA) is 78.4 Å². The highest BCUT2D eigenvalue weighted by Gasteiger charge is 2.13. The number of nitrogens with zero attached hydrogens (tertiary/aromatic N) is 1. The molecule has 3 rings (SSSR count). The lowest BCUT2D eigenvalue weighted by Gasteiger charge is -2.13. The zero-order valence-corrected chi connectivity index (χ0v) is 22.8. The van der Waals surface area contributed by atoms with Crippen LogP contribution in [-0.2, 0) is 6.61 Å². The van der Waals surface area contributed by atoms with E-state index in [0.717, 1.165) is 16.5 Å². The third-order valence-electron chi connectivity index (χ3n) is 4.82. The molecule has 3 aromatic rings. The molecule has 35 heavy (non-hydrogen) atoms. The summed E-state index contributed by atoms with van der Waals surface area (Å²) in [5, 5.41) is 4.08. The van der Waals surface area contributed by atoms with Crippen molar-refractivity contribution in [2.45, 2.75) is 20.0 Å². The number of carbonyl (C=O) groups excluding carboxylic acids is 1. The lowest BCUT2D eigenvalue weighted by molar-refractivity contribution is 0.0954. The molecule has 7 nitrogen and oxygen atoms in total. The average molecular weight is 606 g/mol. The number of ether oxygens (including phenoxy) is 4. The van der Waals surface area contributed by atoms with Crippen LogP contribution < -0.4 is 24.4 Å². The van der Waals surface area contributed by atoms with Crippen molar-refractivity contribution in [1.29, 1.82) is 0 Å². The molecule has 0 spiro atoms. The van der Waals surface area contributed by atoms with Crippen LogP contribution in [0.4, 0.5) is 0 Å². The Labute approximate surface area is 221 Å². The monoisotopic (exact) mass is 604 g/mol. The van der Waals surface area contributed by atoms with Crippen molar-refractivity contribution in [3.63, 3.8) is 0 Å². The van der Waals surface area contributed by atoms with Gasteiger partial charge in [-0.05, 0) is 75.9 Å². The Hall–Kier alpha value is -3.04. The smallest absolute Gasteiger partial charge is 0.271 e. The molecular formula is C26H26Br2N2O5. The highest BCUT2D eigenvalue weighted by molar-refractivity contribution is 9.10. The summed E-state index contributed by atoms with van der Waals surface area (Å²) in [5.74, 6) is 1.82. The molecule has 1 amide bonds. The van der Waals surface area contributed by atoms with Crippen LogP contribution in [0.5, 0.6) is 23.0 Å². The highest BCUT2D eigenvalue weighted by Crippen LogP contribution is 2.37. The third kappa shape index (κ3) is 7.47. The molecule has 1 N–H and O–H groups in total. The minimum Gasteiger partial charge on any atom is -0.493 e. The molecule has 0 unspecified atom stereocenters. The SMILES string of the molecule is CCCOc1ccc(C(=O)N/N=C/c2cc(Br)c(OCc3ccc(Br)cc3)c(OC)c2)cc1OC. The molecule has 0 aromatic heterocycles. The van der Waals surface area contributed by atoms with Gasteiger partial charge in [-0.1, -0.05) is 35.0 Å². The van der Waals surface area contributed by atoms with Crippen LogP contribution >= 0.6 is 31.9 Å². The third-order valence-corrected chi connectivity index (χ3v) is 5.93. The number of amides is 1. The van der Waals surface area contributed by atoms with Crippen LogP contribution in [-0.4, -0.2) is 32.9 Å². The van der Waals surface area contributed by atoms with Gasteiger partial charge in [0.2, 0.25) is 0 Å². The molecule has 0 saturated carbocycles. The maximum Gasteiger partial charge on any atom is 0.271 e. The Morgan fingerprint density at radius 1 is 0.943 bits per heavy atom. The van der Waals surface area contributed by atoms with Gasteiger partial charge in [-0.25, -0.2) is 5.43 Å². The standard InChI is InChI=1S/C26H26Br2N2O5/c1-4-11-34-22-10-7-19(14-23(22)32-2)26(31)30-29-15-18-12-21(28)25(24(13-18)33-3)35-16-17-5-8-20(27)9-6-17/h5-10,12-15H,4,11,16H2,1-3H3,(H,30,31)/b29-15+. The van der Waals surface area contributed by atoms with E-state index < -0.39 is 0 Å². The van der Waals surface area contributed by atoms with Crippen molar-refractivity contribution in [1.82, 2.24) is 5.43 Å². The summed E-state index contributed by atoms with van der Waals surface area (Å²) in [5.41, 5.74) is 4.67. The van der Waals surface area contributed by atoms with Gasteiger partial charge in [-0.15, -0.1) is 0 Å². The van der Waals surface area contributed by atoms with Gasteiger partial charge in [-0.2, -0.15) is 5.10 Å². The van der Waals surface area contributed by atoms with E-state index in [1.807, 2.05) is 37.3 Å². The summed E-state index contributed by atoms with van der Waals surface area (Å²) in [6.07, 6.45) is 2.40. The number of hydrogen-bond donors (Lipinski definition) is 1. The van der Waals surface area contributed by atoms with Crippen molar-refractivity contribution in [2.24, 2.45) is 5.10 Å². The predicted octanol–water partition coefficient (Wildman–Crippen LogP) is 6.36. The van der Waals surface area contributed by atoms with E-state index in [1.54, 1.807) is 31.4 Å². The Morgan fingerprint density at radius 3 is 2.37 bits per heavy atom. The molecule has 0 bridgehead atoms. The molecule has 9 heteroatoms. The highest BCUT2D eigenvalue weighted by atomic mass is 79.9. The van der Waals surface area contributed by atoms with Crippen molar-refractivity contribution >= 4 is 44.0 Å². The van der Waals surface area contributed by atoms with Gasteiger partial charge >= 0.3 is 0 Å². The maximum absolute atomic E-state index is 12.5. The quantitative estimate of drug-likeness (QED) is 0.203. The molecule has 3 aromatic carbocycles. The molecule has 0 aliphatic heterocycles. The number of methoxy groups -OCH3 is 2. The van der Waals surface area contributed by atoms with Crippen LogP contribution in [0.1, 0.15) is 34.8 Å². The van der Waals surface area contributed by atoms with Crippen molar-refractivity contribution in [2.75, 3.05) is 20.8 Å². The molecule has 0 aliphatic rings. The minimum absolute atomic E-state index is 0.373. The second kappa shape index (κ2) is 13.2. The number of carbonyl (C=O) groups is 1. The summed E-state index contributed by atoms with van der Waals surface area (Å²) in [7, 11) is 3.10. The van der Waals surface area contributed by atoms with Gasteiger partial charge < -0.3 is 18.9 Å². The van der Waals surface area contributed by atoms with E-state index in [9.17, 15) is 4.79 Å². The van der Waals surface area contributed by atoms with Crippen molar-refractivity contribution in [3.05, 3.63) is 80.2 Å². The molecule has 184 valence electrons. The number of hydrazone groups is 1. The maximum atomic E-state index is 12.5. The fraction of sp³-hybridized carbons (Fsp3) is 0.231. The number of hydrogen-bond acceptors (Lipinski definition) is 6. The van der Waals surface area contributed by atoms with Gasteiger partial charge in [0, 0.05) is 10.0 Å². The zero-order chi connectivity index (χ0) is 25.2. The van der Waals surface area contributed by atoms with Crippen molar-refractivity contribution in [3.8, 4) is 23.0 Å². The van der Waals surface area contributed by atoms with E-state index in [1.165, 1.54) is 13.3 Å². The lowest BCUT2D eigenvalue weighted by Crippen LogP contribution is -2.17. The Morgan fingerprint density at radius 2 is 1.69 bits per heavy atom. The Balaban J connectivity index is 1.66. The van der Waals surface area contributed by atoms with E-state index in [4.69, 9.17) is 18.9 Å². The zero-order valence-electron chi connectivity index (χ0n) is 19.6. The first-order valence-electron chi connectivity index (χ1n) is 10.8. The fourth-order valence-corrected chi connectivity index (χ4v) is 3.90. The van der Waals surface area contributed by atoms with Crippen LogP contribution in [0.15, 0.2) is 68.6 Å². The molecule has 0 fully saturated rings. The largest absolute Gasteiger partial charge is 0.493 e. The number of rotatable bonds is 11. The lowest BCUT2D eigenvalue weighted by atomic mass is 10.2. The van der Waals surface area contributed by atoms with E-state index in [-0.39, 0.29) is 5.91 Å².